The normalized spacial score (nSPS) is 20.9. The Kier molecular flexibility index (Phi) is 12.8. The minimum absolute atomic E-state index is 0.0479. The number of methoxy groups -OCH3 is 1. The number of hydrogen-bond donors (Lipinski definition) is 3. The molecule has 49 heavy (non-hydrogen) atoms. The number of fused-ring (bicyclic) bond motifs is 1. The molecule has 1 fully saturated rings. The Morgan fingerprint density at radius 3 is 2.45 bits per heavy atom. The summed E-state index contributed by atoms with van der Waals surface area (Å²) in [5, 5.41) is 7.10. The van der Waals surface area contributed by atoms with Crippen molar-refractivity contribution in [3.05, 3.63) is 52.8 Å². The summed E-state index contributed by atoms with van der Waals surface area (Å²) >= 11 is 0. The smallest absolute Gasteiger partial charge is 0.416 e. The number of unbranched alkanes of at least 4 members (excludes halogenated alkanes) is 5. The number of halogens is 3. The van der Waals surface area contributed by atoms with E-state index in [1.54, 1.807) is 34.1 Å². The molecule has 0 radical (unpaired) electrons. The van der Waals surface area contributed by atoms with Crippen molar-refractivity contribution in [3.8, 4) is 5.75 Å². The highest BCUT2D eigenvalue weighted by Crippen LogP contribution is 2.53. The maximum Gasteiger partial charge on any atom is 0.416 e. The number of rotatable bonds is 15. The molecule has 1 aromatic heterocycles. The Labute approximate surface area is 290 Å². The fourth-order valence-electron chi connectivity index (χ4n) is 8.06. The number of amides is 1. The lowest BCUT2D eigenvalue weighted by atomic mass is 9.57. The molecule has 1 heterocycles. The molecule has 10 heteroatoms. The van der Waals surface area contributed by atoms with E-state index in [1.165, 1.54) is 38.5 Å². The lowest BCUT2D eigenvalue weighted by Crippen LogP contribution is -2.48. The molecule has 1 aliphatic carbocycles. The third-order valence-corrected chi connectivity index (χ3v) is 10.9. The van der Waals surface area contributed by atoms with Crippen LogP contribution in [-0.4, -0.2) is 30.0 Å². The van der Waals surface area contributed by atoms with Gasteiger partial charge in [0.25, 0.3) is 0 Å². The third kappa shape index (κ3) is 8.97. The van der Waals surface area contributed by atoms with E-state index in [4.69, 9.17) is 20.4 Å². The summed E-state index contributed by atoms with van der Waals surface area (Å²) in [4.78, 5) is 22.9. The monoisotopic (exact) mass is 683 g/mol. The average Bonchev–Trinajstić information content (AvgIpc) is 3.06. The number of carbonyl (C=O) groups excluding carboxylic acids is 1. The topological polar surface area (TPSA) is 102 Å². The molecule has 7 nitrogen and oxygen atoms in total. The van der Waals surface area contributed by atoms with Crippen molar-refractivity contribution < 1.29 is 22.7 Å². The van der Waals surface area contributed by atoms with Gasteiger partial charge in [-0.05, 0) is 86.3 Å². The van der Waals surface area contributed by atoms with E-state index < -0.39 is 23.2 Å². The summed E-state index contributed by atoms with van der Waals surface area (Å²) in [6, 6.07) is 7.13. The number of carbonyl (C=O) groups is 1. The van der Waals surface area contributed by atoms with Gasteiger partial charge in [-0.3, -0.25) is 4.79 Å². The van der Waals surface area contributed by atoms with Gasteiger partial charge in [0.2, 0.25) is 5.91 Å². The zero-order valence-corrected chi connectivity index (χ0v) is 30.4. The molecule has 3 aromatic rings. The van der Waals surface area contributed by atoms with E-state index in [1.807, 2.05) is 6.07 Å². The highest BCUT2D eigenvalue weighted by atomic mass is 19.4. The summed E-state index contributed by atoms with van der Waals surface area (Å²) < 4.78 is 46.7. The van der Waals surface area contributed by atoms with E-state index in [0.717, 1.165) is 60.9 Å². The lowest BCUT2D eigenvalue weighted by Gasteiger charge is -2.47. The van der Waals surface area contributed by atoms with Crippen molar-refractivity contribution >= 4 is 28.3 Å². The highest BCUT2D eigenvalue weighted by Gasteiger charge is 2.48. The maximum atomic E-state index is 13.6. The van der Waals surface area contributed by atoms with Crippen LogP contribution >= 0.6 is 0 Å². The fourth-order valence-corrected chi connectivity index (χ4v) is 8.06. The van der Waals surface area contributed by atoms with Crippen LogP contribution in [0.4, 0.5) is 24.7 Å². The third-order valence-electron chi connectivity index (χ3n) is 10.9. The van der Waals surface area contributed by atoms with Crippen LogP contribution in [0.5, 0.6) is 5.75 Å². The summed E-state index contributed by atoms with van der Waals surface area (Å²) in [6.45, 7) is 10.2. The molecule has 0 spiro atoms. The highest BCUT2D eigenvalue weighted by molar-refractivity contribution is 5.91. The summed E-state index contributed by atoms with van der Waals surface area (Å²) in [6.07, 6.45) is 7.52. The van der Waals surface area contributed by atoms with Gasteiger partial charge < -0.3 is 21.1 Å². The predicted octanol–water partition coefficient (Wildman–Crippen LogP) is 10.1. The summed E-state index contributed by atoms with van der Waals surface area (Å²) in [5.74, 6) is 2.69. The van der Waals surface area contributed by atoms with Crippen molar-refractivity contribution in [1.82, 2.24) is 15.3 Å². The number of ether oxygens (including phenoxy) is 1. The first-order chi connectivity index (χ1) is 23.2. The van der Waals surface area contributed by atoms with Gasteiger partial charge in [0, 0.05) is 29.6 Å². The Hall–Kier alpha value is -3.56. The maximum absolute atomic E-state index is 13.6. The van der Waals surface area contributed by atoms with Crippen LogP contribution in [0.1, 0.15) is 133 Å². The van der Waals surface area contributed by atoms with Crippen molar-refractivity contribution in [2.75, 3.05) is 25.2 Å². The number of benzene rings is 2. The van der Waals surface area contributed by atoms with Gasteiger partial charge in [0.1, 0.15) is 17.4 Å². The van der Waals surface area contributed by atoms with Gasteiger partial charge in [-0.15, -0.1) is 0 Å². The number of hydrogen-bond acceptors (Lipinski definition) is 6. The molecule has 1 aliphatic rings. The SMILES string of the molecule is CCCCCCCCC(CC)C1CC(c2cc3c(NC(C)c4cc(N)cc(C(F)(F)F)c4)nc(C)nc3cc2OC)CCC1(C)C(=O)NC. The number of aryl methyl sites for hydroxylation is 1. The Morgan fingerprint density at radius 1 is 1.08 bits per heavy atom. The minimum Gasteiger partial charge on any atom is -0.496 e. The summed E-state index contributed by atoms with van der Waals surface area (Å²) in [5.41, 5.74) is 6.81. The molecule has 270 valence electrons. The average molecular weight is 684 g/mol. The molecule has 0 bridgehead atoms. The first kappa shape index (κ1) is 38.2. The number of alkyl halides is 3. The molecule has 0 aliphatic heterocycles. The Morgan fingerprint density at radius 2 is 1.80 bits per heavy atom. The molecule has 4 N–H and O–H groups in total. The molecular formula is C39H56F3N5O2. The van der Waals surface area contributed by atoms with Gasteiger partial charge in [-0.2, -0.15) is 13.2 Å². The van der Waals surface area contributed by atoms with Crippen LogP contribution in [0, 0.1) is 24.2 Å². The molecule has 5 atom stereocenters. The van der Waals surface area contributed by atoms with E-state index >= 15 is 0 Å². The largest absolute Gasteiger partial charge is 0.496 e. The van der Waals surface area contributed by atoms with Crippen molar-refractivity contribution in [2.45, 2.75) is 123 Å². The van der Waals surface area contributed by atoms with Crippen molar-refractivity contribution in [2.24, 2.45) is 17.3 Å². The minimum atomic E-state index is -4.51. The van der Waals surface area contributed by atoms with Gasteiger partial charge in [-0.25, -0.2) is 9.97 Å². The first-order valence-electron chi connectivity index (χ1n) is 18.1. The first-order valence-corrected chi connectivity index (χ1v) is 18.1. The van der Waals surface area contributed by atoms with E-state index in [9.17, 15) is 18.0 Å². The number of aromatic nitrogens is 2. The molecule has 4 rings (SSSR count). The van der Waals surface area contributed by atoms with Crippen molar-refractivity contribution in [3.63, 3.8) is 0 Å². The predicted molar refractivity (Wildman–Crippen MR) is 193 cm³/mol. The number of nitrogens with one attached hydrogen (secondary N) is 2. The van der Waals surface area contributed by atoms with Crippen LogP contribution in [-0.2, 0) is 11.0 Å². The second-order valence-corrected chi connectivity index (χ2v) is 14.3. The zero-order chi connectivity index (χ0) is 35.9. The van der Waals surface area contributed by atoms with E-state index in [-0.39, 0.29) is 23.4 Å². The number of nitrogens with two attached hydrogens (primary N) is 1. The molecule has 1 saturated carbocycles. The molecule has 2 aromatic carbocycles. The second kappa shape index (κ2) is 16.4. The standard InChI is InChI=1S/C39H56F3N5O2/c1-8-10-11-12-13-14-15-26(9-2)33-20-27(16-17-38(33,5)37(48)44-6)31-22-32-34(23-35(31)49-7)46-25(4)47-36(32)45-24(3)28-18-29(39(40,41)42)21-30(43)19-28/h18-19,21-24,26-27,33H,8-17,20,43H2,1-7H3,(H,44,48)(H,45,46,47). The fraction of sp³-hybridized carbons (Fsp3) is 0.615. The van der Waals surface area contributed by atoms with Crippen LogP contribution in [0.2, 0.25) is 0 Å². The summed E-state index contributed by atoms with van der Waals surface area (Å²) in [7, 11) is 3.41. The molecule has 0 saturated heterocycles. The van der Waals surface area contributed by atoms with E-state index in [0.29, 0.717) is 28.6 Å². The number of nitrogens with zero attached hydrogens (tertiary/aromatic N) is 2. The molecule has 1 amide bonds. The van der Waals surface area contributed by atoms with E-state index in [2.05, 4.69) is 37.5 Å². The zero-order valence-electron chi connectivity index (χ0n) is 30.4. The van der Waals surface area contributed by atoms with Crippen LogP contribution in [0.3, 0.4) is 0 Å². The van der Waals surface area contributed by atoms with Crippen LogP contribution < -0.4 is 21.1 Å². The molecule has 5 unspecified atom stereocenters. The quantitative estimate of drug-likeness (QED) is 0.109. The Balaban J connectivity index is 1.69. The lowest BCUT2D eigenvalue weighted by molar-refractivity contribution is -0.138. The van der Waals surface area contributed by atoms with Crippen molar-refractivity contribution in [1.29, 1.82) is 0 Å². The van der Waals surface area contributed by atoms with Gasteiger partial charge >= 0.3 is 6.18 Å². The van der Waals surface area contributed by atoms with Crippen LogP contribution in [0.15, 0.2) is 30.3 Å². The Bertz CT molecular complexity index is 1580. The van der Waals surface area contributed by atoms with Gasteiger partial charge in [-0.1, -0.05) is 72.1 Å². The molecular weight excluding hydrogens is 627 g/mol. The second-order valence-electron chi connectivity index (χ2n) is 14.3. The number of anilines is 2. The van der Waals surface area contributed by atoms with Gasteiger partial charge in [0.15, 0.2) is 0 Å². The van der Waals surface area contributed by atoms with Crippen LogP contribution in [0.25, 0.3) is 10.9 Å². The van der Waals surface area contributed by atoms with Gasteiger partial charge in [0.05, 0.1) is 24.2 Å². The number of nitrogen functional groups attached to an aromatic ring is 1.